The maximum Gasteiger partial charge on any atom is 0.273 e. The van der Waals surface area contributed by atoms with Gasteiger partial charge in [-0.05, 0) is 32.9 Å². The number of nitrogens with zero attached hydrogens (tertiary/aromatic N) is 6. The minimum absolute atomic E-state index is 0.0845. The molecule has 0 aliphatic rings. The van der Waals surface area contributed by atoms with Crippen molar-refractivity contribution in [3.63, 3.8) is 0 Å². The number of aryl methyl sites for hydroxylation is 1. The Hall–Kier alpha value is -4.48. The molecule has 158 valence electrons. The zero-order chi connectivity index (χ0) is 22.7. The highest BCUT2D eigenvalue weighted by molar-refractivity contribution is 6.00. The van der Waals surface area contributed by atoms with Gasteiger partial charge in [0.15, 0.2) is 0 Å². The van der Waals surface area contributed by atoms with Crippen molar-refractivity contribution in [3.05, 3.63) is 85.2 Å². The van der Waals surface area contributed by atoms with Crippen LogP contribution in [0.4, 0.5) is 11.4 Å². The van der Waals surface area contributed by atoms with Crippen LogP contribution in [0.15, 0.2) is 47.6 Å². The van der Waals surface area contributed by atoms with Crippen LogP contribution in [0.25, 0.3) is 5.69 Å². The van der Waals surface area contributed by atoms with Gasteiger partial charge in [-0.1, -0.05) is 17.3 Å². The molecule has 1 N–H and O–H groups in total. The maximum absolute atomic E-state index is 12.3. The number of amides is 1. The number of carbonyl (C=O) groups is 1. The number of hydrogen-bond acceptors (Lipinski definition) is 8. The fourth-order valence-corrected chi connectivity index (χ4v) is 2.85. The van der Waals surface area contributed by atoms with Gasteiger partial charge in [0.05, 0.1) is 26.9 Å². The van der Waals surface area contributed by atoms with E-state index in [4.69, 9.17) is 0 Å². The highest BCUT2D eigenvalue weighted by Crippen LogP contribution is 2.20. The van der Waals surface area contributed by atoms with Crippen LogP contribution in [0.5, 0.6) is 0 Å². The van der Waals surface area contributed by atoms with Gasteiger partial charge in [0.25, 0.3) is 17.3 Å². The van der Waals surface area contributed by atoms with Crippen LogP contribution >= 0.6 is 0 Å². The Balaban J connectivity index is 1.82. The molecule has 0 spiro atoms. The van der Waals surface area contributed by atoms with E-state index >= 15 is 0 Å². The van der Waals surface area contributed by atoms with Crippen molar-refractivity contribution in [2.45, 2.75) is 20.8 Å². The van der Waals surface area contributed by atoms with E-state index in [0.717, 1.165) is 0 Å². The summed E-state index contributed by atoms with van der Waals surface area (Å²) in [7, 11) is 0. The molecule has 0 unspecified atom stereocenters. The van der Waals surface area contributed by atoms with Crippen LogP contribution in [0, 0.1) is 34.1 Å². The summed E-state index contributed by atoms with van der Waals surface area (Å²) in [6, 6.07) is 10.1. The van der Waals surface area contributed by atoms with Crippen LogP contribution in [-0.4, -0.2) is 36.5 Å². The molecule has 3 rings (SSSR count). The summed E-state index contributed by atoms with van der Waals surface area (Å²) in [6.45, 7) is 4.89. The monoisotopic (exact) mass is 423 g/mol. The summed E-state index contributed by atoms with van der Waals surface area (Å²) in [5.74, 6) is -0.619. The third-order valence-corrected chi connectivity index (χ3v) is 4.52. The van der Waals surface area contributed by atoms with E-state index in [9.17, 15) is 25.0 Å². The predicted molar refractivity (Wildman–Crippen MR) is 110 cm³/mol. The Labute approximate surface area is 175 Å². The summed E-state index contributed by atoms with van der Waals surface area (Å²) in [6.07, 6.45) is 0. The topological polar surface area (TPSA) is 158 Å². The quantitative estimate of drug-likeness (QED) is 0.362. The van der Waals surface area contributed by atoms with Crippen molar-refractivity contribution in [2.24, 2.45) is 5.10 Å². The SMILES string of the molecule is CC(=NNC(=O)c1ccc(C)c([N+](=O)[O-])c1)c1nnn(-c2cccc([N+](=O)[O-])c2)c1C. The van der Waals surface area contributed by atoms with Crippen LogP contribution in [0.2, 0.25) is 0 Å². The van der Waals surface area contributed by atoms with E-state index in [1.165, 1.54) is 41.1 Å². The van der Waals surface area contributed by atoms with E-state index in [2.05, 4.69) is 20.8 Å². The number of rotatable bonds is 6. The lowest BCUT2D eigenvalue weighted by Gasteiger charge is -2.05. The van der Waals surface area contributed by atoms with Crippen LogP contribution in [-0.2, 0) is 0 Å². The lowest BCUT2D eigenvalue weighted by molar-refractivity contribution is -0.385. The standard InChI is InChI=1S/C19H17N7O5/c1-11-7-8-14(9-17(11)26(30)31)19(27)22-20-12(2)18-13(3)24(23-21-18)15-5-4-6-16(10-15)25(28)29/h4-10H,1-3H3,(H,22,27). The van der Waals surface area contributed by atoms with Crippen molar-refractivity contribution in [3.8, 4) is 5.69 Å². The third kappa shape index (κ3) is 4.42. The van der Waals surface area contributed by atoms with Crippen LogP contribution in [0.3, 0.4) is 0 Å². The lowest BCUT2D eigenvalue weighted by Crippen LogP contribution is -2.20. The molecular weight excluding hydrogens is 406 g/mol. The first-order valence-corrected chi connectivity index (χ1v) is 8.96. The number of nitro benzene ring substituents is 2. The lowest BCUT2D eigenvalue weighted by atomic mass is 10.1. The van der Waals surface area contributed by atoms with Gasteiger partial charge in [-0.3, -0.25) is 25.0 Å². The molecule has 1 aromatic heterocycles. The van der Waals surface area contributed by atoms with Gasteiger partial charge in [0.2, 0.25) is 0 Å². The molecule has 12 heteroatoms. The third-order valence-electron chi connectivity index (χ3n) is 4.52. The van der Waals surface area contributed by atoms with Gasteiger partial charge in [0, 0.05) is 29.3 Å². The minimum atomic E-state index is -0.619. The van der Waals surface area contributed by atoms with Gasteiger partial charge in [0.1, 0.15) is 5.69 Å². The summed E-state index contributed by atoms with van der Waals surface area (Å²) in [5, 5.41) is 34.1. The van der Waals surface area contributed by atoms with Crippen molar-refractivity contribution < 1.29 is 14.6 Å². The highest BCUT2D eigenvalue weighted by Gasteiger charge is 2.17. The van der Waals surface area contributed by atoms with E-state index in [1.807, 2.05) is 0 Å². The predicted octanol–water partition coefficient (Wildman–Crippen LogP) is 2.85. The molecular formula is C19H17N7O5. The zero-order valence-electron chi connectivity index (χ0n) is 16.8. The van der Waals surface area contributed by atoms with Crippen molar-refractivity contribution in [1.82, 2.24) is 20.4 Å². The Morgan fingerprint density at radius 2 is 1.84 bits per heavy atom. The second-order valence-corrected chi connectivity index (χ2v) is 6.61. The molecule has 0 saturated carbocycles. The first-order chi connectivity index (χ1) is 14.7. The molecule has 2 aromatic carbocycles. The average Bonchev–Trinajstić information content (AvgIpc) is 3.13. The number of nitro groups is 2. The second kappa shape index (κ2) is 8.49. The molecule has 0 radical (unpaired) electrons. The second-order valence-electron chi connectivity index (χ2n) is 6.61. The maximum atomic E-state index is 12.3. The Kier molecular flexibility index (Phi) is 5.81. The largest absolute Gasteiger partial charge is 0.273 e. The van der Waals surface area contributed by atoms with Gasteiger partial charge in [-0.25, -0.2) is 10.1 Å². The molecule has 3 aromatic rings. The number of aromatic nitrogens is 3. The molecule has 0 saturated heterocycles. The fraction of sp³-hybridized carbons (Fsp3) is 0.158. The molecule has 0 atom stereocenters. The van der Waals surface area contributed by atoms with Crippen molar-refractivity contribution in [2.75, 3.05) is 0 Å². The number of hydrazone groups is 1. The van der Waals surface area contributed by atoms with Gasteiger partial charge in [-0.2, -0.15) is 5.10 Å². The van der Waals surface area contributed by atoms with Crippen LogP contribution in [0.1, 0.15) is 34.2 Å². The molecule has 31 heavy (non-hydrogen) atoms. The first kappa shape index (κ1) is 21.2. The average molecular weight is 423 g/mol. The Morgan fingerprint density at radius 3 is 2.52 bits per heavy atom. The normalized spacial score (nSPS) is 11.3. The smallest absolute Gasteiger partial charge is 0.267 e. The highest BCUT2D eigenvalue weighted by atomic mass is 16.6. The van der Waals surface area contributed by atoms with E-state index < -0.39 is 15.8 Å². The Bertz CT molecular complexity index is 1230. The van der Waals surface area contributed by atoms with E-state index in [0.29, 0.717) is 28.4 Å². The van der Waals surface area contributed by atoms with Crippen molar-refractivity contribution >= 4 is 23.0 Å². The van der Waals surface area contributed by atoms with Gasteiger partial charge in [-0.15, -0.1) is 5.10 Å². The number of nitrogens with one attached hydrogen (secondary N) is 1. The first-order valence-electron chi connectivity index (χ1n) is 8.96. The summed E-state index contributed by atoms with van der Waals surface area (Å²) < 4.78 is 1.42. The van der Waals surface area contributed by atoms with Crippen LogP contribution < -0.4 is 5.43 Å². The molecule has 0 aliphatic heterocycles. The van der Waals surface area contributed by atoms with E-state index in [1.54, 1.807) is 26.8 Å². The molecule has 12 nitrogen and oxygen atoms in total. The number of benzene rings is 2. The van der Waals surface area contributed by atoms with E-state index in [-0.39, 0.29) is 16.9 Å². The Morgan fingerprint density at radius 1 is 1.10 bits per heavy atom. The minimum Gasteiger partial charge on any atom is -0.267 e. The summed E-state index contributed by atoms with van der Waals surface area (Å²) in [5.41, 5.74) is 4.35. The van der Waals surface area contributed by atoms with Gasteiger partial charge < -0.3 is 0 Å². The molecule has 0 aliphatic carbocycles. The van der Waals surface area contributed by atoms with Crippen molar-refractivity contribution in [1.29, 1.82) is 0 Å². The number of hydrogen-bond donors (Lipinski definition) is 1. The number of non-ortho nitro benzene ring substituents is 1. The molecule has 0 fully saturated rings. The summed E-state index contributed by atoms with van der Waals surface area (Å²) in [4.78, 5) is 33.3. The molecule has 1 amide bonds. The zero-order valence-corrected chi connectivity index (χ0v) is 16.8. The molecule has 0 bridgehead atoms. The molecule has 1 heterocycles. The summed E-state index contributed by atoms with van der Waals surface area (Å²) >= 11 is 0. The number of carbonyl (C=O) groups excluding carboxylic acids is 1. The fourth-order valence-electron chi connectivity index (χ4n) is 2.85. The van der Waals surface area contributed by atoms with Gasteiger partial charge >= 0.3 is 0 Å².